The van der Waals surface area contributed by atoms with E-state index in [0.717, 1.165) is 16.8 Å². The first-order valence-corrected chi connectivity index (χ1v) is 12.1. The molecule has 2 atom stereocenters. The average molecular weight is 492 g/mol. The third-order valence-electron chi connectivity index (χ3n) is 6.70. The van der Waals surface area contributed by atoms with Crippen molar-refractivity contribution in [3.63, 3.8) is 0 Å². The topological polar surface area (TPSA) is 83.1 Å². The molecule has 0 spiro atoms. The summed E-state index contributed by atoms with van der Waals surface area (Å²) in [6.45, 7) is 5.75. The number of ketones is 1. The Morgan fingerprint density at radius 1 is 0.972 bits per heavy atom. The van der Waals surface area contributed by atoms with Crippen molar-refractivity contribution in [3.8, 4) is 17.2 Å². The number of carbonyl (C=O) groups is 2. The standard InChI is InChI=1S/C29H33NO6/c1-16(2)36-23-10-8-7-9-20(23)27-26(29(32)35-6)17(3)30-21-13-19(14-22(31)28(21)27)18-11-12-24(33-4)25(15-18)34-5/h7-12,15-16,19,27,30H,13-14H2,1-6H3/t19-,27+/m1/s1. The number of hydrogen-bond donors (Lipinski definition) is 1. The minimum absolute atomic E-state index is 0.0122. The maximum Gasteiger partial charge on any atom is 0.336 e. The van der Waals surface area contributed by atoms with Gasteiger partial charge in [-0.1, -0.05) is 24.3 Å². The van der Waals surface area contributed by atoms with Crippen molar-refractivity contribution < 1.29 is 28.5 Å². The molecule has 0 bridgehead atoms. The van der Waals surface area contributed by atoms with Gasteiger partial charge in [0.25, 0.3) is 0 Å². The Balaban J connectivity index is 1.81. The van der Waals surface area contributed by atoms with Crippen molar-refractivity contribution in [1.29, 1.82) is 0 Å². The summed E-state index contributed by atoms with van der Waals surface area (Å²) in [5, 5.41) is 3.37. The number of nitrogens with one attached hydrogen (secondary N) is 1. The fraction of sp³-hybridized carbons (Fsp3) is 0.379. The minimum atomic E-state index is -0.581. The lowest BCUT2D eigenvalue weighted by atomic mass is 9.71. The van der Waals surface area contributed by atoms with Crippen LogP contribution < -0.4 is 19.5 Å². The van der Waals surface area contributed by atoms with Gasteiger partial charge in [-0.2, -0.15) is 0 Å². The molecule has 4 rings (SSSR count). The van der Waals surface area contributed by atoms with Gasteiger partial charge in [0.2, 0.25) is 0 Å². The minimum Gasteiger partial charge on any atom is -0.493 e. The second-order valence-electron chi connectivity index (χ2n) is 9.33. The number of benzene rings is 2. The first kappa shape index (κ1) is 25.4. The molecule has 190 valence electrons. The predicted molar refractivity (Wildman–Crippen MR) is 136 cm³/mol. The lowest BCUT2D eigenvalue weighted by Crippen LogP contribution is -2.36. The summed E-state index contributed by atoms with van der Waals surface area (Å²) < 4.78 is 22.1. The Morgan fingerprint density at radius 2 is 1.69 bits per heavy atom. The van der Waals surface area contributed by atoms with E-state index in [0.29, 0.717) is 46.9 Å². The van der Waals surface area contributed by atoms with E-state index in [-0.39, 0.29) is 17.8 Å². The number of methoxy groups -OCH3 is 3. The molecule has 1 heterocycles. The smallest absolute Gasteiger partial charge is 0.336 e. The van der Waals surface area contributed by atoms with Crippen LogP contribution in [0.3, 0.4) is 0 Å². The van der Waals surface area contributed by atoms with E-state index >= 15 is 0 Å². The van der Waals surface area contributed by atoms with Crippen molar-refractivity contribution in [2.45, 2.75) is 51.6 Å². The predicted octanol–water partition coefficient (Wildman–Crippen LogP) is 5.03. The molecule has 1 aliphatic carbocycles. The maximum atomic E-state index is 13.8. The SMILES string of the molecule is COC(=O)C1=C(C)NC2=C(C(=O)C[C@H](c3ccc(OC)c(OC)c3)C2)[C@H]1c1ccccc1OC(C)C. The summed E-state index contributed by atoms with van der Waals surface area (Å²) in [6, 6.07) is 13.3. The molecular formula is C29H33NO6. The van der Waals surface area contributed by atoms with E-state index in [1.807, 2.05) is 63.2 Å². The summed E-state index contributed by atoms with van der Waals surface area (Å²) in [5.74, 6) is 0.812. The molecule has 2 aliphatic rings. The van der Waals surface area contributed by atoms with Gasteiger partial charge in [-0.15, -0.1) is 0 Å². The summed E-state index contributed by atoms with van der Waals surface area (Å²) in [5.41, 5.74) is 4.28. The zero-order chi connectivity index (χ0) is 26.0. The number of ether oxygens (including phenoxy) is 4. The highest BCUT2D eigenvalue weighted by Crippen LogP contribution is 2.48. The van der Waals surface area contributed by atoms with Crippen LogP contribution in [0.1, 0.15) is 56.6 Å². The van der Waals surface area contributed by atoms with E-state index in [1.165, 1.54) is 7.11 Å². The Hall–Kier alpha value is -3.74. The van der Waals surface area contributed by atoms with Gasteiger partial charge in [0.1, 0.15) is 5.75 Å². The van der Waals surface area contributed by atoms with E-state index in [1.54, 1.807) is 14.2 Å². The lowest BCUT2D eigenvalue weighted by Gasteiger charge is -2.37. The fourth-order valence-corrected chi connectivity index (χ4v) is 5.15. The van der Waals surface area contributed by atoms with Gasteiger partial charge >= 0.3 is 5.97 Å². The Morgan fingerprint density at radius 3 is 2.36 bits per heavy atom. The van der Waals surface area contributed by atoms with E-state index in [2.05, 4.69) is 5.32 Å². The molecule has 7 heteroatoms. The molecule has 2 aromatic rings. The van der Waals surface area contributed by atoms with Crippen molar-refractivity contribution in [2.24, 2.45) is 0 Å². The number of para-hydroxylation sites is 1. The second-order valence-corrected chi connectivity index (χ2v) is 9.33. The summed E-state index contributed by atoms with van der Waals surface area (Å²) in [4.78, 5) is 26.8. The molecule has 7 nitrogen and oxygen atoms in total. The lowest BCUT2D eigenvalue weighted by molar-refractivity contribution is -0.136. The molecule has 0 fully saturated rings. The van der Waals surface area contributed by atoms with Crippen molar-refractivity contribution >= 4 is 11.8 Å². The number of allylic oxidation sites excluding steroid dienone is 3. The number of rotatable bonds is 7. The van der Waals surface area contributed by atoms with Crippen LogP contribution in [0.15, 0.2) is 65.0 Å². The van der Waals surface area contributed by atoms with Crippen LogP contribution in [0.5, 0.6) is 17.2 Å². The molecule has 0 saturated carbocycles. The van der Waals surface area contributed by atoms with Gasteiger partial charge in [0, 0.05) is 29.0 Å². The number of dihydropyridines is 1. The van der Waals surface area contributed by atoms with Gasteiger partial charge < -0.3 is 24.3 Å². The molecule has 0 aromatic heterocycles. The summed E-state index contributed by atoms with van der Waals surface area (Å²) in [7, 11) is 4.55. The van der Waals surface area contributed by atoms with Gasteiger partial charge in [-0.3, -0.25) is 4.79 Å². The molecule has 36 heavy (non-hydrogen) atoms. The normalized spacial score (nSPS) is 19.6. The van der Waals surface area contributed by atoms with E-state index in [4.69, 9.17) is 18.9 Å². The average Bonchev–Trinajstić information content (AvgIpc) is 2.86. The monoisotopic (exact) mass is 491 g/mol. The zero-order valence-corrected chi connectivity index (χ0v) is 21.6. The molecule has 1 N–H and O–H groups in total. The second kappa shape index (κ2) is 10.5. The number of hydrogen-bond acceptors (Lipinski definition) is 7. The quantitative estimate of drug-likeness (QED) is 0.544. The van der Waals surface area contributed by atoms with Gasteiger partial charge in [0.15, 0.2) is 17.3 Å². The van der Waals surface area contributed by atoms with Crippen LogP contribution in [0.25, 0.3) is 0 Å². The van der Waals surface area contributed by atoms with Crippen LogP contribution in [0, 0.1) is 0 Å². The van der Waals surface area contributed by atoms with Crippen molar-refractivity contribution in [1.82, 2.24) is 5.32 Å². The highest BCUT2D eigenvalue weighted by Gasteiger charge is 2.42. The van der Waals surface area contributed by atoms with Gasteiger partial charge in [-0.25, -0.2) is 4.79 Å². The third-order valence-corrected chi connectivity index (χ3v) is 6.70. The number of Topliss-reactive ketones (excluding diaryl/α,β-unsaturated/α-hetero) is 1. The van der Waals surface area contributed by atoms with Gasteiger partial charge in [0.05, 0.1) is 38.9 Å². The van der Waals surface area contributed by atoms with Crippen LogP contribution >= 0.6 is 0 Å². The molecule has 0 saturated heterocycles. The Kier molecular flexibility index (Phi) is 7.38. The largest absolute Gasteiger partial charge is 0.493 e. The summed E-state index contributed by atoms with van der Waals surface area (Å²) >= 11 is 0. The Bertz CT molecular complexity index is 1240. The number of esters is 1. The van der Waals surface area contributed by atoms with Crippen LogP contribution in [0.2, 0.25) is 0 Å². The van der Waals surface area contributed by atoms with Crippen LogP contribution in [-0.2, 0) is 14.3 Å². The fourth-order valence-electron chi connectivity index (χ4n) is 5.15. The number of carbonyl (C=O) groups excluding carboxylic acids is 2. The molecule has 0 radical (unpaired) electrons. The van der Waals surface area contributed by atoms with E-state index < -0.39 is 11.9 Å². The molecule has 1 aliphatic heterocycles. The highest BCUT2D eigenvalue weighted by molar-refractivity contribution is 6.04. The van der Waals surface area contributed by atoms with Crippen LogP contribution in [0.4, 0.5) is 0 Å². The highest BCUT2D eigenvalue weighted by atomic mass is 16.5. The van der Waals surface area contributed by atoms with Crippen LogP contribution in [-0.4, -0.2) is 39.2 Å². The molecule has 2 aromatic carbocycles. The first-order valence-electron chi connectivity index (χ1n) is 12.1. The first-order chi connectivity index (χ1) is 17.3. The molecule has 0 unspecified atom stereocenters. The van der Waals surface area contributed by atoms with E-state index in [9.17, 15) is 9.59 Å². The summed E-state index contributed by atoms with van der Waals surface area (Å²) in [6.07, 6.45) is 0.865. The van der Waals surface area contributed by atoms with Gasteiger partial charge in [-0.05, 0) is 56.9 Å². The molecule has 0 amide bonds. The molecular weight excluding hydrogens is 458 g/mol. The third kappa shape index (κ3) is 4.70. The zero-order valence-electron chi connectivity index (χ0n) is 21.6. The maximum absolute atomic E-state index is 13.8. The Labute approximate surface area is 212 Å². The van der Waals surface area contributed by atoms with Crippen molar-refractivity contribution in [2.75, 3.05) is 21.3 Å². The van der Waals surface area contributed by atoms with Crippen molar-refractivity contribution in [3.05, 3.63) is 76.1 Å².